The molecule has 0 saturated carbocycles. The van der Waals surface area contributed by atoms with E-state index in [0.717, 1.165) is 0 Å². The minimum absolute atomic E-state index is 0.474. The summed E-state index contributed by atoms with van der Waals surface area (Å²) in [6, 6.07) is 18.9. The highest BCUT2D eigenvalue weighted by Gasteiger charge is 2.29. The number of benzene rings is 3. The summed E-state index contributed by atoms with van der Waals surface area (Å²) < 4.78 is 0. The second-order valence-electron chi connectivity index (χ2n) is 7.43. The van der Waals surface area contributed by atoms with Crippen LogP contribution >= 0.6 is 0 Å². The predicted octanol–water partition coefficient (Wildman–Crippen LogP) is 2.81. The molecule has 0 fully saturated rings. The summed E-state index contributed by atoms with van der Waals surface area (Å²) in [4.78, 5) is 55.6. The van der Waals surface area contributed by atoms with Crippen molar-refractivity contribution in [2.24, 2.45) is 5.10 Å². The number of nitro groups is 3. The fourth-order valence-corrected chi connectivity index (χ4v) is 3.41. The smallest absolute Gasteiger partial charge is 0.292 e. The summed E-state index contributed by atoms with van der Waals surface area (Å²) in [6.45, 7) is -0.517. The van der Waals surface area contributed by atoms with Crippen molar-refractivity contribution in [2.45, 2.75) is 5.92 Å². The van der Waals surface area contributed by atoms with Gasteiger partial charge in [-0.2, -0.15) is 5.10 Å². The van der Waals surface area contributed by atoms with E-state index in [1.807, 2.05) is 5.43 Å². The number of nitrogens with zero attached hydrogens (tertiary/aromatic N) is 4. The number of nitrogens with one attached hydrogen (secondary N) is 2. The minimum atomic E-state index is -1.04. The van der Waals surface area contributed by atoms with E-state index < -0.39 is 61.7 Å². The van der Waals surface area contributed by atoms with Gasteiger partial charge in [-0.15, -0.1) is 0 Å². The van der Waals surface area contributed by atoms with Crippen molar-refractivity contribution in [3.05, 3.63) is 120 Å². The van der Waals surface area contributed by atoms with Crippen LogP contribution in [0.15, 0.2) is 77.9 Å². The number of amides is 2. The van der Waals surface area contributed by atoms with Crippen LogP contribution in [0.25, 0.3) is 0 Å². The van der Waals surface area contributed by atoms with Crippen LogP contribution < -0.4 is 10.7 Å². The van der Waals surface area contributed by atoms with Gasteiger partial charge in [-0.05, 0) is 11.1 Å². The Morgan fingerprint density at radius 2 is 1.30 bits per heavy atom. The van der Waals surface area contributed by atoms with E-state index in [9.17, 15) is 39.9 Å². The van der Waals surface area contributed by atoms with Crippen molar-refractivity contribution < 1.29 is 24.4 Å². The van der Waals surface area contributed by atoms with Crippen molar-refractivity contribution in [3.8, 4) is 0 Å². The van der Waals surface area contributed by atoms with Gasteiger partial charge in [0.2, 0.25) is 5.91 Å². The fourth-order valence-electron chi connectivity index (χ4n) is 3.41. The maximum Gasteiger partial charge on any atom is 0.292 e. The molecule has 0 spiro atoms. The first kappa shape index (κ1) is 26.1. The van der Waals surface area contributed by atoms with Crippen LogP contribution in [0.5, 0.6) is 0 Å². The van der Waals surface area contributed by atoms with Gasteiger partial charge in [0, 0.05) is 0 Å². The van der Waals surface area contributed by atoms with Crippen LogP contribution in [-0.4, -0.2) is 39.3 Å². The average Bonchev–Trinajstić information content (AvgIpc) is 2.88. The van der Waals surface area contributed by atoms with E-state index in [1.54, 1.807) is 60.7 Å². The summed E-state index contributed by atoms with van der Waals surface area (Å²) >= 11 is 0. The Hall–Kier alpha value is -5.53. The number of hydrazone groups is 1. The predicted molar refractivity (Wildman–Crippen MR) is 130 cm³/mol. The molecule has 14 heteroatoms. The van der Waals surface area contributed by atoms with E-state index in [-0.39, 0.29) is 0 Å². The highest BCUT2D eigenvalue weighted by atomic mass is 16.6. The Bertz CT molecular complexity index is 1300. The zero-order valence-corrected chi connectivity index (χ0v) is 18.8. The third-order valence-corrected chi connectivity index (χ3v) is 5.06. The molecule has 0 aliphatic carbocycles. The van der Waals surface area contributed by atoms with Crippen molar-refractivity contribution in [1.29, 1.82) is 0 Å². The van der Waals surface area contributed by atoms with Gasteiger partial charge in [0.1, 0.15) is 0 Å². The number of hydrogen-bond donors (Lipinski definition) is 2. The number of non-ortho nitro benzene ring substituents is 1. The maximum atomic E-state index is 12.9. The minimum Gasteiger partial charge on any atom is -0.346 e. The first-order valence-electron chi connectivity index (χ1n) is 10.5. The van der Waals surface area contributed by atoms with Gasteiger partial charge in [0.25, 0.3) is 23.0 Å². The summed E-state index contributed by atoms with van der Waals surface area (Å²) in [5.74, 6) is -2.00. The molecule has 3 rings (SSSR count). The van der Waals surface area contributed by atoms with Crippen molar-refractivity contribution in [2.75, 3.05) is 6.54 Å². The first-order valence-corrected chi connectivity index (χ1v) is 10.5. The summed E-state index contributed by atoms with van der Waals surface area (Å²) in [7, 11) is 0. The lowest BCUT2D eigenvalue weighted by molar-refractivity contribution is -0.403. The summed E-state index contributed by atoms with van der Waals surface area (Å²) in [5, 5.41) is 39.5. The van der Waals surface area contributed by atoms with Crippen LogP contribution in [0.4, 0.5) is 17.1 Å². The van der Waals surface area contributed by atoms with E-state index in [4.69, 9.17) is 0 Å². The molecule has 0 bridgehead atoms. The van der Waals surface area contributed by atoms with Gasteiger partial charge < -0.3 is 5.32 Å². The molecule has 14 nitrogen and oxygen atoms in total. The van der Waals surface area contributed by atoms with Crippen molar-refractivity contribution in [3.63, 3.8) is 0 Å². The average molecular weight is 506 g/mol. The molecular formula is C23H18N6O8. The number of hydrogen-bond acceptors (Lipinski definition) is 9. The van der Waals surface area contributed by atoms with Crippen LogP contribution in [0.3, 0.4) is 0 Å². The number of carbonyl (C=O) groups excluding carboxylic acids is 2. The Kier molecular flexibility index (Phi) is 8.28. The van der Waals surface area contributed by atoms with Crippen molar-refractivity contribution >= 4 is 35.1 Å². The molecule has 37 heavy (non-hydrogen) atoms. The molecule has 0 aromatic heterocycles. The van der Waals surface area contributed by atoms with Gasteiger partial charge in [0.05, 0.1) is 45.6 Å². The second-order valence-corrected chi connectivity index (χ2v) is 7.43. The third-order valence-electron chi connectivity index (χ3n) is 5.06. The molecule has 0 unspecified atom stereocenters. The zero-order chi connectivity index (χ0) is 26.9. The fraction of sp³-hybridized carbons (Fsp3) is 0.0870. The van der Waals surface area contributed by atoms with Crippen LogP contribution in [0.2, 0.25) is 0 Å². The van der Waals surface area contributed by atoms with Gasteiger partial charge in [-0.3, -0.25) is 39.9 Å². The van der Waals surface area contributed by atoms with E-state index in [2.05, 4.69) is 10.4 Å². The zero-order valence-electron chi connectivity index (χ0n) is 18.8. The monoisotopic (exact) mass is 506 g/mol. The summed E-state index contributed by atoms with van der Waals surface area (Å²) in [5.41, 5.74) is 0.00970. The highest BCUT2D eigenvalue weighted by molar-refractivity contribution is 5.93. The first-order chi connectivity index (χ1) is 17.7. The molecule has 0 atom stereocenters. The largest absolute Gasteiger partial charge is 0.346 e. The SMILES string of the molecule is O=C(CNC(=O)C(c1ccccc1)c1ccccc1)NN=Cc1c([N+](=O)[O-])cc([N+](=O)[O-])cc1[N+](=O)[O-]. The molecule has 3 aromatic rings. The van der Waals surface area contributed by atoms with E-state index in [0.29, 0.717) is 29.5 Å². The Balaban J connectivity index is 1.73. The third kappa shape index (κ3) is 6.54. The molecule has 0 aliphatic heterocycles. The second kappa shape index (κ2) is 11.7. The summed E-state index contributed by atoms with van der Waals surface area (Å²) in [6.07, 6.45) is 0.635. The number of nitro benzene ring substituents is 3. The van der Waals surface area contributed by atoms with Gasteiger partial charge in [-0.1, -0.05) is 60.7 Å². The lowest BCUT2D eigenvalue weighted by Crippen LogP contribution is -2.37. The quantitative estimate of drug-likeness (QED) is 0.237. The molecule has 188 valence electrons. The molecule has 3 aromatic carbocycles. The molecule has 0 heterocycles. The molecule has 2 N–H and O–H groups in total. The Labute approximate surface area is 208 Å². The van der Waals surface area contributed by atoms with Crippen LogP contribution in [-0.2, 0) is 9.59 Å². The lowest BCUT2D eigenvalue weighted by atomic mass is 9.90. The van der Waals surface area contributed by atoms with Gasteiger partial charge in [-0.25, -0.2) is 5.43 Å². The molecule has 0 saturated heterocycles. The highest BCUT2D eigenvalue weighted by Crippen LogP contribution is 2.32. The maximum absolute atomic E-state index is 12.9. The Morgan fingerprint density at radius 1 is 0.811 bits per heavy atom. The van der Waals surface area contributed by atoms with E-state index >= 15 is 0 Å². The van der Waals surface area contributed by atoms with Crippen LogP contribution in [0.1, 0.15) is 22.6 Å². The topological polar surface area (TPSA) is 200 Å². The standard InChI is InChI=1S/C23H18N6O8/c30-21(14-24-23(31)22(15-7-3-1-4-8-15)16-9-5-2-6-10-16)26-25-13-18-19(28(34)35)11-17(27(32)33)12-20(18)29(36)37/h1-13,22H,14H2,(H,24,31)(H,26,30). The molecule has 0 radical (unpaired) electrons. The van der Waals surface area contributed by atoms with Crippen molar-refractivity contribution in [1.82, 2.24) is 10.7 Å². The Morgan fingerprint density at radius 3 is 1.73 bits per heavy atom. The van der Waals surface area contributed by atoms with Crippen LogP contribution in [0, 0.1) is 30.3 Å². The molecule has 2 amide bonds. The number of carbonyl (C=O) groups is 2. The van der Waals surface area contributed by atoms with Gasteiger partial charge >= 0.3 is 0 Å². The van der Waals surface area contributed by atoms with E-state index in [1.165, 1.54) is 0 Å². The lowest BCUT2D eigenvalue weighted by Gasteiger charge is -2.17. The molecule has 0 aliphatic rings. The van der Waals surface area contributed by atoms with Gasteiger partial charge in [0.15, 0.2) is 5.56 Å². The number of rotatable bonds is 10. The normalized spacial score (nSPS) is 10.7. The molecular weight excluding hydrogens is 488 g/mol.